The van der Waals surface area contributed by atoms with Crippen LogP contribution < -0.4 is 20.1 Å². The second kappa shape index (κ2) is 8.82. The lowest BCUT2D eigenvalue weighted by molar-refractivity contribution is -0.118. The van der Waals surface area contributed by atoms with Crippen molar-refractivity contribution in [2.45, 2.75) is 19.9 Å². The van der Waals surface area contributed by atoms with E-state index in [1.165, 1.54) is 6.92 Å². The fourth-order valence-electron chi connectivity index (χ4n) is 1.83. The largest absolute Gasteiger partial charge is 0.493 e. The molecule has 6 nitrogen and oxygen atoms in total. The molecule has 0 radical (unpaired) electrons. The highest BCUT2D eigenvalue weighted by Gasteiger charge is 2.13. The first-order valence-electron chi connectivity index (χ1n) is 6.80. The molecule has 1 aromatic carbocycles. The Morgan fingerprint density at radius 1 is 1.38 bits per heavy atom. The molecule has 1 rings (SSSR count). The number of methoxy groups -OCH3 is 1. The first-order valence-corrected chi connectivity index (χ1v) is 6.80. The Bertz CT molecular complexity index is 511. The monoisotopic (exact) mass is 291 g/mol. The van der Waals surface area contributed by atoms with E-state index < -0.39 is 6.04 Å². The van der Waals surface area contributed by atoms with E-state index in [1.54, 1.807) is 19.2 Å². The third-order valence-corrected chi connectivity index (χ3v) is 2.80. The Kier molecular flexibility index (Phi) is 7.05. The summed E-state index contributed by atoms with van der Waals surface area (Å²) in [5.41, 5.74) is 0.796. The number of nitriles is 1. The van der Waals surface area contributed by atoms with Gasteiger partial charge in [-0.3, -0.25) is 10.1 Å². The average molecular weight is 291 g/mol. The highest BCUT2D eigenvalue weighted by molar-refractivity contribution is 5.72. The van der Waals surface area contributed by atoms with E-state index in [9.17, 15) is 10.1 Å². The molecule has 0 saturated carbocycles. The molecular weight excluding hydrogens is 270 g/mol. The number of amides is 1. The zero-order valence-electron chi connectivity index (χ0n) is 12.6. The maximum Gasteiger partial charge on any atom is 0.216 e. The van der Waals surface area contributed by atoms with Crippen LogP contribution in [0.3, 0.4) is 0 Å². The minimum atomic E-state index is -0.469. The summed E-state index contributed by atoms with van der Waals surface area (Å²) in [6.07, 6.45) is 0. The van der Waals surface area contributed by atoms with Crippen molar-refractivity contribution >= 4 is 5.91 Å². The minimum Gasteiger partial charge on any atom is -0.493 e. The molecule has 0 aromatic heterocycles. The number of carbonyl (C=O) groups excluding carboxylic acids is 1. The zero-order valence-corrected chi connectivity index (χ0v) is 12.6. The fourth-order valence-corrected chi connectivity index (χ4v) is 1.83. The van der Waals surface area contributed by atoms with Crippen LogP contribution in [0, 0.1) is 11.3 Å². The number of rotatable bonds is 8. The number of nitrogens with zero attached hydrogens (tertiary/aromatic N) is 1. The Hall–Kier alpha value is -2.26. The average Bonchev–Trinajstić information content (AvgIpc) is 2.47. The molecule has 0 aliphatic heterocycles. The molecule has 1 aromatic rings. The van der Waals surface area contributed by atoms with Crippen molar-refractivity contribution in [3.8, 4) is 17.6 Å². The first-order chi connectivity index (χ1) is 10.1. The molecule has 6 heteroatoms. The maximum absolute atomic E-state index is 10.8. The van der Waals surface area contributed by atoms with Crippen molar-refractivity contribution in [3.05, 3.63) is 23.8 Å². The summed E-state index contributed by atoms with van der Waals surface area (Å²) >= 11 is 0. The van der Waals surface area contributed by atoms with Crippen LogP contribution in [0.25, 0.3) is 0 Å². The van der Waals surface area contributed by atoms with Crippen LogP contribution >= 0.6 is 0 Å². The minimum absolute atomic E-state index is 0.0895. The Balaban J connectivity index is 2.74. The third-order valence-electron chi connectivity index (χ3n) is 2.80. The SMILES string of the molecule is CCOc1cc(C(C#N)NCCNC(C)=O)ccc1OC. The van der Waals surface area contributed by atoms with Crippen molar-refractivity contribution in [3.63, 3.8) is 0 Å². The number of hydrogen-bond acceptors (Lipinski definition) is 5. The van der Waals surface area contributed by atoms with Crippen LogP contribution in [-0.2, 0) is 4.79 Å². The van der Waals surface area contributed by atoms with E-state index in [1.807, 2.05) is 13.0 Å². The second-order valence-corrected chi connectivity index (χ2v) is 4.34. The number of ether oxygens (including phenoxy) is 2. The molecule has 0 saturated heterocycles. The van der Waals surface area contributed by atoms with Crippen molar-refractivity contribution in [1.29, 1.82) is 5.26 Å². The second-order valence-electron chi connectivity index (χ2n) is 4.34. The first kappa shape index (κ1) is 16.8. The van der Waals surface area contributed by atoms with Crippen LogP contribution in [0.5, 0.6) is 11.5 Å². The molecule has 0 fully saturated rings. The molecule has 21 heavy (non-hydrogen) atoms. The van der Waals surface area contributed by atoms with Gasteiger partial charge in [-0.2, -0.15) is 5.26 Å². The lowest BCUT2D eigenvalue weighted by atomic mass is 10.1. The van der Waals surface area contributed by atoms with Crippen LogP contribution in [0.1, 0.15) is 25.5 Å². The number of carbonyl (C=O) groups is 1. The Labute approximate surface area is 125 Å². The molecule has 0 aliphatic carbocycles. The summed E-state index contributed by atoms with van der Waals surface area (Å²) in [5.74, 6) is 1.16. The Morgan fingerprint density at radius 3 is 2.71 bits per heavy atom. The number of benzene rings is 1. The molecule has 0 spiro atoms. The molecular formula is C15H21N3O3. The van der Waals surface area contributed by atoms with Gasteiger partial charge < -0.3 is 14.8 Å². The van der Waals surface area contributed by atoms with Gasteiger partial charge in [0.2, 0.25) is 5.91 Å². The van der Waals surface area contributed by atoms with Gasteiger partial charge in [-0.05, 0) is 24.6 Å². The van der Waals surface area contributed by atoms with Gasteiger partial charge in [0, 0.05) is 20.0 Å². The van der Waals surface area contributed by atoms with Gasteiger partial charge >= 0.3 is 0 Å². The highest BCUT2D eigenvalue weighted by atomic mass is 16.5. The quantitative estimate of drug-likeness (QED) is 0.707. The molecule has 0 bridgehead atoms. The van der Waals surface area contributed by atoms with Crippen molar-refractivity contribution in [2.24, 2.45) is 0 Å². The van der Waals surface area contributed by atoms with Crippen LogP contribution in [-0.4, -0.2) is 32.7 Å². The molecule has 0 aliphatic rings. The van der Waals surface area contributed by atoms with Gasteiger partial charge in [0.05, 0.1) is 19.8 Å². The molecule has 1 unspecified atom stereocenters. The lowest BCUT2D eigenvalue weighted by Crippen LogP contribution is -2.32. The van der Waals surface area contributed by atoms with E-state index in [2.05, 4.69) is 16.7 Å². The van der Waals surface area contributed by atoms with E-state index in [-0.39, 0.29) is 5.91 Å². The maximum atomic E-state index is 10.8. The molecule has 1 amide bonds. The smallest absolute Gasteiger partial charge is 0.216 e. The van der Waals surface area contributed by atoms with Gasteiger partial charge in [0.15, 0.2) is 11.5 Å². The van der Waals surface area contributed by atoms with Gasteiger partial charge in [-0.25, -0.2) is 0 Å². The van der Waals surface area contributed by atoms with Gasteiger partial charge in [-0.15, -0.1) is 0 Å². The van der Waals surface area contributed by atoms with Crippen LogP contribution in [0.4, 0.5) is 0 Å². The molecule has 1 atom stereocenters. The zero-order chi connectivity index (χ0) is 15.7. The standard InChI is InChI=1S/C15H21N3O3/c1-4-21-15-9-12(5-6-14(15)20-3)13(10-16)18-8-7-17-11(2)19/h5-6,9,13,18H,4,7-8H2,1-3H3,(H,17,19). The van der Waals surface area contributed by atoms with Gasteiger partial charge in [-0.1, -0.05) is 6.07 Å². The summed E-state index contributed by atoms with van der Waals surface area (Å²) in [7, 11) is 1.57. The van der Waals surface area contributed by atoms with Crippen molar-refractivity contribution in [1.82, 2.24) is 10.6 Å². The molecule has 114 valence electrons. The van der Waals surface area contributed by atoms with Crippen molar-refractivity contribution in [2.75, 3.05) is 26.8 Å². The summed E-state index contributed by atoms with van der Waals surface area (Å²) in [6.45, 7) is 4.85. The number of nitrogens with one attached hydrogen (secondary N) is 2. The number of hydrogen-bond donors (Lipinski definition) is 2. The summed E-state index contributed by atoms with van der Waals surface area (Å²) < 4.78 is 10.7. The topological polar surface area (TPSA) is 83.4 Å². The van der Waals surface area contributed by atoms with Crippen molar-refractivity contribution < 1.29 is 14.3 Å². The normalized spacial score (nSPS) is 11.3. The van der Waals surface area contributed by atoms with Crippen LogP contribution in [0.2, 0.25) is 0 Å². The fraction of sp³-hybridized carbons (Fsp3) is 0.467. The predicted octanol–water partition coefficient (Wildman–Crippen LogP) is 1.38. The predicted molar refractivity (Wildman–Crippen MR) is 79.2 cm³/mol. The van der Waals surface area contributed by atoms with E-state index in [0.29, 0.717) is 31.2 Å². The van der Waals surface area contributed by atoms with E-state index in [4.69, 9.17) is 9.47 Å². The Morgan fingerprint density at radius 2 is 2.14 bits per heavy atom. The molecule has 0 heterocycles. The lowest BCUT2D eigenvalue weighted by Gasteiger charge is -2.15. The highest BCUT2D eigenvalue weighted by Crippen LogP contribution is 2.30. The third kappa shape index (κ3) is 5.32. The van der Waals surface area contributed by atoms with Gasteiger partial charge in [0.1, 0.15) is 6.04 Å². The summed E-state index contributed by atoms with van der Waals surface area (Å²) in [4.78, 5) is 10.8. The summed E-state index contributed by atoms with van der Waals surface area (Å²) in [6, 6.07) is 7.12. The van der Waals surface area contributed by atoms with E-state index in [0.717, 1.165) is 5.56 Å². The van der Waals surface area contributed by atoms with Gasteiger partial charge in [0.25, 0.3) is 0 Å². The summed E-state index contributed by atoms with van der Waals surface area (Å²) in [5, 5.41) is 15.0. The molecule has 2 N–H and O–H groups in total. The van der Waals surface area contributed by atoms with Crippen LogP contribution in [0.15, 0.2) is 18.2 Å². The van der Waals surface area contributed by atoms with E-state index >= 15 is 0 Å².